The van der Waals surface area contributed by atoms with E-state index in [9.17, 15) is 14.7 Å². The number of carbonyl (C=O) groups excluding carboxylic acids is 1. The minimum absolute atomic E-state index is 0.380. The summed E-state index contributed by atoms with van der Waals surface area (Å²) in [5.74, 6) is -3.17. The maximum absolute atomic E-state index is 11.1. The number of pyridine rings is 1. The fourth-order valence-corrected chi connectivity index (χ4v) is 1.74. The lowest BCUT2D eigenvalue weighted by Crippen LogP contribution is -2.09. The quantitative estimate of drug-likeness (QED) is 0.435. The number of nitrogens with zero attached hydrogens (tertiary/aromatic N) is 1. The van der Waals surface area contributed by atoms with Crippen molar-refractivity contribution in [3.63, 3.8) is 0 Å². The van der Waals surface area contributed by atoms with Crippen LogP contribution in [0.2, 0.25) is 0 Å². The maximum Gasteiger partial charge on any atom is 0.376 e. The average Bonchev–Trinajstić information content (AvgIpc) is 2.88. The molecular formula is C14H12N2O4. The van der Waals surface area contributed by atoms with Gasteiger partial charge in [-0.3, -0.25) is 9.78 Å². The predicted molar refractivity (Wildman–Crippen MR) is 71.1 cm³/mol. The van der Waals surface area contributed by atoms with Gasteiger partial charge in [0.2, 0.25) is 0 Å². The number of nitrogens with one attached hydrogen (secondary N) is 1. The summed E-state index contributed by atoms with van der Waals surface area (Å²) in [5, 5.41) is 18.3. The Morgan fingerprint density at radius 2 is 2.05 bits per heavy atom. The van der Waals surface area contributed by atoms with Gasteiger partial charge >= 0.3 is 5.97 Å². The van der Waals surface area contributed by atoms with E-state index in [1.807, 2.05) is 12.1 Å². The molecule has 0 aliphatic heterocycles. The lowest BCUT2D eigenvalue weighted by molar-refractivity contribution is -0.146. The molecule has 2 aromatic heterocycles. The highest BCUT2D eigenvalue weighted by molar-refractivity contribution is 6.38. The van der Waals surface area contributed by atoms with Gasteiger partial charge in [-0.15, -0.1) is 0 Å². The van der Waals surface area contributed by atoms with Gasteiger partial charge < -0.3 is 15.2 Å². The van der Waals surface area contributed by atoms with Crippen LogP contribution in [0.4, 0.5) is 0 Å². The number of hydrogen-bond donors (Lipinski definition) is 3. The van der Waals surface area contributed by atoms with Crippen LogP contribution in [-0.2, 0) is 16.0 Å². The minimum atomic E-state index is -1.61. The number of aromatic nitrogens is 2. The average molecular weight is 272 g/mol. The van der Waals surface area contributed by atoms with Crippen molar-refractivity contribution in [3.05, 3.63) is 59.7 Å². The number of aliphatic hydroxyl groups excluding tert-OH is 1. The van der Waals surface area contributed by atoms with Crippen LogP contribution >= 0.6 is 0 Å². The van der Waals surface area contributed by atoms with Crippen LogP contribution < -0.4 is 0 Å². The summed E-state index contributed by atoms with van der Waals surface area (Å²) >= 11 is 0. The first-order valence-electron chi connectivity index (χ1n) is 5.82. The smallest absolute Gasteiger partial charge is 0.376 e. The van der Waals surface area contributed by atoms with Crippen molar-refractivity contribution in [2.75, 3.05) is 0 Å². The third kappa shape index (κ3) is 3.11. The lowest BCUT2D eigenvalue weighted by Gasteiger charge is -2.03. The van der Waals surface area contributed by atoms with Crippen LogP contribution in [0.1, 0.15) is 17.0 Å². The zero-order valence-electron chi connectivity index (χ0n) is 10.4. The molecule has 0 atom stereocenters. The molecule has 6 heteroatoms. The van der Waals surface area contributed by atoms with Gasteiger partial charge in [-0.05, 0) is 18.2 Å². The monoisotopic (exact) mass is 272 g/mol. The fraction of sp³-hybridized carbons (Fsp3) is 0.0714. The number of ketones is 1. The summed E-state index contributed by atoms with van der Waals surface area (Å²) in [6.07, 6.45) is 4.38. The molecular weight excluding hydrogens is 260 g/mol. The number of aliphatic carboxylic acids is 1. The number of aliphatic hydroxyl groups is 1. The Morgan fingerprint density at radius 3 is 2.70 bits per heavy atom. The number of carboxylic acid groups (broad SMARTS) is 1. The number of rotatable bonds is 5. The Bertz CT molecular complexity index is 659. The summed E-state index contributed by atoms with van der Waals surface area (Å²) in [7, 11) is 0. The summed E-state index contributed by atoms with van der Waals surface area (Å²) in [6.45, 7) is 0. The molecule has 6 nitrogen and oxygen atoms in total. The molecule has 2 rings (SSSR count). The zero-order valence-corrected chi connectivity index (χ0v) is 10.4. The largest absolute Gasteiger partial charge is 0.507 e. The summed E-state index contributed by atoms with van der Waals surface area (Å²) < 4.78 is 0. The van der Waals surface area contributed by atoms with Crippen LogP contribution in [0.3, 0.4) is 0 Å². The van der Waals surface area contributed by atoms with Gasteiger partial charge in [0.1, 0.15) is 5.76 Å². The Labute approximate surface area is 114 Å². The van der Waals surface area contributed by atoms with Crippen molar-refractivity contribution in [3.8, 4) is 0 Å². The summed E-state index contributed by atoms with van der Waals surface area (Å²) in [5.41, 5.74) is 1.81. The second-order valence-corrected chi connectivity index (χ2v) is 4.07. The molecule has 0 bridgehead atoms. The van der Waals surface area contributed by atoms with Crippen LogP contribution in [0.25, 0.3) is 5.76 Å². The third-order valence-corrected chi connectivity index (χ3v) is 2.67. The summed E-state index contributed by atoms with van der Waals surface area (Å²) in [6, 6.07) is 7.03. The number of hydrogen-bond acceptors (Lipinski definition) is 4. The SMILES string of the molecule is O=C(O)C(=O)C=C(O)c1cc[nH]c1Cc1ccccn1. The number of carboxylic acids is 1. The molecule has 102 valence electrons. The normalized spacial score (nSPS) is 11.3. The van der Waals surface area contributed by atoms with Gasteiger partial charge in [-0.25, -0.2) is 4.79 Å². The van der Waals surface area contributed by atoms with Gasteiger partial charge in [-0.1, -0.05) is 6.07 Å². The van der Waals surface area contributed by atoms with Gasteiger partial charge in [-0.2, -0.15) is 0 Å². The number of H-pyrrole nitrogens is 1. The maximum atomic E-state index is 11.1. The Hall–Kier alpha value is -2.89. The van der Waals surface area contributed by atoms with E-state index in [0.29, 0.717) is 23.8 Å². The molecule has 0 saturated carbocycles. The molecule has 0 aromatic carbocycles. The standard InChI is InChI=1S/C14H12N2O4/c17-12(8-13(18)14(19)20)10-4-6-16-11(10)7-9-3-1-2-5-15-9/h1-6,8,16-17H,7H2,(H,19,20). The first-order valence-corrected chi connectivity index (χ1v) is 5.82. The van der Waals surface area contributed by atoms with E-state index < -0.39 is 11.8 Å². The molecule has 0 unspecified atom stereocenters. The van der Waals surface area contributed by atoms with Gasteiger partial charge in [0, 0.05) is 41.8 Å². The van der Waals surface area contributed by atoms with Crippen molar-refractivity contribution in [1.29, 1.82) is 0 Å². The Kier molecular flexibility index (Phi) is 3.95. The molecule has 3 N–H and O–H groups in total. The predicted octanol–water partition coefficient (Wildman–Crippen LogP) is 1.55. The van der Waals surface area contributed by atoms with Crippen molar-refractivity contribution in [2.24, 2.45) is 0 Å². The van der Waals surface area contributed by atoms with Crippen molar-refractivity contribution >= 4 is 17.5 Å². The van der Waals surface area contributed by atoms with Gasteiger partial charge in [0.25, 0.3) is 5.78 Å². The van der Waals surface area contributed by atoms with E-state index in [4.69, 9.17) is 5.11 Å². The fourth-order valence-electron chi connectivity index (χ4n) is 1.74. The Balaban J connectivity index is 2.25. The van der Waals surface area contributed by atoms with Gasteiger partial charge in [0.15, 0.2) is 0 Å². The summed E-state index contributed by atoms with van der Waals surface area (Å²) in [4.78, 5) is 28.6. The molecule has 0 spiro atoms. The van der Waals surface area contributed by atoms with Gasteiger partial charge in [0.05, 0.1) is 0 Å². The van der Waals surface area contributed by atoms with Crippen LogP contribution in [-0.4, -0.2) is 31.9 Å². The lowest BCUT2D eigenvalue weighted by atomic mass is 10.1. The zero-order chi connectivity index (χ0) is 14.5. The van der Waals surface area contributed by atoms with E-state index in [2.05, 4.69) is 9.97 Å². The number of carbonyl (C=O) groups is 2. The second-order valence-electron chi connectivity index (χ2n) is 4.07. The van der Waals surface area contributed by atoms with E-state index in [0.717, 1.165) is 5.69 Å². The molecule has 2 aromatic rings. The van der Waals surface area contributed by atoms with Crippen LogP contribution in [0.15, 0.2) is 42.7 Å². The van der Waals surface area contributed by atoms with Crippen molar-refractivity contribution in [2.45, 2.75) is 6.42 Å². The first-order chi connectivity index (χ1) is 9.58. The second kappa shape index (κ2) is 5.83. The molecule has 0 aliphatic rings. The molecule has 0 fully saturated rings. The highest BCUT2D eigenvalue weighted by Crippen LogP contribution is 2.18. The first kappa shape index (κ1) is 13.5. The highest BCUT2D eigenvalue weighted by Gasteiger charge is 2.14. The highest BCUT2D eigenvalue weighted by atomic mass is 16.4. The van der Waals surface area contributed by atoms with E-state index >= 15 is 0 Å². The molecule has 20 heavy (non-hydrogen) atoms. The van der Waals surface area contributed by atoms with Crippen LogP contribution in [0, 0.1) is 0 Å². The third-order valence-electron chi connectivity index (χ3n) is 2.67. The van der Waals surface area contributed by atoms with Crippen molar-refractivity contribution < 1.29 is 19.8 Å². The molecule has 0 radical (unpaired) electrons. The topological polar surface area (TPSA) is 103 Å². The van der Waals surface area contributed by atoms with E-state index in [1.54, 1.807) is 24.5 Å². The minimum Gasteiger partial charge on any atom is -0.507 e. The Morgan fingerprint density at radius 1 is 1.25 bits per heavy atom. The molecule has 0 saturated heterocycles. The van der Waals surface area contributed by atoms with Crippen LogP contribution in [0.5, 0.6) is 0 Å². The van der Waals surface area contributed by atoms with Crippen molar-refractivity contribution in [1.82, 2.24) is 9.97 Å². The van der Waals surface area contributed by atoms with E-state index in [-0.39, 0.29) is 5.76 Å². The molecule has 0 aliphatic carbocycles. The molecule has 0 amide bonds. The molecule has 2 heterocycles. The van der Waals surface area contributed by atoms with E-state index in [1.165, 1.54) is 0 Å². The number of aromatic amines is 1.